The minimum Gasteiger partial charge on any atom is -0.481 e. The Morgan fingerprint density at radius 1 is 1.28 bits per heavy atom. The molecule has 1 aromatic carbocycles. The fourth-order valence-electron chi connectivity index (χ4n) is 2.34. The molecule has 0 aliphatic heterocycles. The first-order valence-corrected chi connectivity index (χ1v) is 6.32. The third-order valence-corrected chi connectivity index (χ3v) is 3.42. The molecule has 0 atom stereocenters. The summed E-state index contributed by atoms with van der Waals surface area (Å²) in [4.78, 5) is 10.7. The van der Waals surface area contributed by atoms with Gasteiger partial charge in [-0.3, -0.25) is 4.79 Å². The predicted molar refractivity (Wildman–Crippen MR) is 68.2 cm³/mol. The molecule has 3 N–H and O–H groups in total. The third kappa shape index (κ3) is 3.55. The molecule has 0 aromatic heterocycles. The first-order chi connectivity index (χ1) is 8.65. The highest BCUT2D eigenvalue weighted by molar-refractivity contribution is 5.70. The fraction of sp³-hybridized carbons (Fsp3) is 0.500. The molecule has 98 valence electrons. The van der Waals surface area contributed by atoms with E-state index >= 15 is 0 Å². The van der Waals surface area contributed by atoms with Gasteiger partial charge in [-0.1, -0.05) is 24.3 Å². The number of aliphatic carboxylic acids is 1. The first-order valence-electron chi connectivity index (χ1n) is 6.32. The smallest absolute Gasteiger partial charge is 0.307 e. The normalized spacial score (nSPS) is 22.5. The zero-order valence-electron chi connectivity index (χ0n) is 10.3. The van der Waals surface area contributed by atoms with Gasteiger partial charge in [0.25, 0.3) is 0 Å². The Labute approximate surface area is 107 Å². The van der Waals surface area contributed by atoms with Crippen molar-refractivity contribution >= 4 is 5.97 Å². The quantitative estimate of drug-likeness (QED) is 0.708. The molecular formula is C14H19NO3. The topological polar surface area (TPSA) is 69.6 Å². The van der Waals surface area contributed by atoms with E-state index in [2.05, 4.69) is 5.32 Å². The predicted octanol–water partition coefficient (Wildman–Crippen LogP) is 1.17. The Balaban J connectivity index is 1.82. The Bertz CT molecular complexity index is 413. The minimum atomic E-state index is -0.801. The van der Waals surface area contributed by atoms with Crippen LogP contribution in [0.5, 0.6) is 0 Å². The number of aliphatic hydroxyl groups excluding tert-OH is 1. The molecule has 1 aliphatic carbocycles. The van der Waals surface area contributed by atoms with Crippen LogP contribution in [0.25, 0.3) is 0 Å². The van der Waals surface area contributed by atoms with Gasteiger partial charge in [0.15, 0.2) is 0 Å². The van der Waals surface area contributed by atoms with E-state index in [1.54, 1.807) is 0 Å². The fourth-order valence-corrected chi connectivity index (χ4v) is 2.34. The highest BCUT2D eigenvalue weighted by Gasteiger charge is 2.26. The highest BCUT2D eigenvalue weighted by atomic mass is 16.4. The lowest BCUT2D eigenvalue weighted by molar-refractivity contribution is -0.136. The van der Waals surface area contributed by atoms with Gasteiger partial charge in [0, 0.05) is 6.54 Å². The van der Waals surface area contributed by atoms with Crippen LogP contribution in [-0.4, -0.2) is 28.8 Å². The van der Waals surface area contributed by atoms with Gasteiger partial charge in [-0.2, -0.15) is 0 Å². The van der Waals surface area contributed by atoms with Crippen LogP contribution in [0, 0.1) is 5.92 Å². The van der Waals surface area contributed by atoms with Crippen LogP contribution in [0.1, 0.15) is 24.0 Å². The lowest BCUT2D eigenvalue weighted by Crippen LogP contribution is -2.36. The third-order valence-electron chi connectivity index (χ3n) is 3.42. The molecule has 1 aliphatic rings. The van der Waals surface area contributed by atoms with Gasteiger partial charge < -0.3 is 15.5 Å². The Kier molecular flexibility index (Phi) is 4.33. The molecule has 18 heavy (non-hydrogen) atoms. The van der Waals surface area contributed by atoms with Crippen LogP contribution < -0.4 is 5.32 Å². The number of aliphatic hydroxyl groups is 1. The Morgan fingerprint density at radius 3 is 2.56 bits per heavy atom. The van der Waals surface area contributed by atoms with Crippen molar-refractivity contribution in [2.45, 2.75) is 31.9 Å². The van der Waals surface area contributed by atoms with Gasteiger partial charge in [-0.15, -0.1) is 0 Å². The van der Waals surface area contributed by atoms with E-state index in [0.29, 0.717) is 12.5 Å². The SMILES string of the molecule is O=C(O)Cc1ccccc1CNCC1CC(O)C1. The number of hydrogen-bond acceptors (Lipinski definition) is 3. The maximum atomic E-state index is 10.7. The van der Waals surface area contributed by atoms with Crippen LogP contribution in [0.15, 0.2) is 24.3 Å². The summed E-state index contributed by atoms with van der Waals surface area (Å²) in [6.07, 6.45) is 1.71. The van der Waals surface area contributed by atoms with Crippen LogP contribution in [0.3, 0.4) is 0 Å². The summed E-state index contributed by atoms with van der Waals surface area (Å²) in [5, 5.41) is 21.4. The lowest BCUT2D eigenvalue weighted by atomic mass is 9.82. The summed E-state index contributed by atoms with van der Waals surface area (Å²) < 4.78 is 0. The van der Waals surface area contributed by atoms with E-state index in [4.69, 9.17) is 5.11 Å². The van der Waals surface area contributed by atoms with E-state index in [9.17, 15) is 9.90 Å². The van der Waals surface area contributed by atoms with E-state index < -0.39 is 5.97 Å². The van der Waals surface area contributed by atoms with Gasteiger partial charge >= 0.3 is 5.97 Å². The average molecular weight is 249 g/mol. The molecule has 0 amide bonds. The highest BCUT2D eigenvalue weighted by Crippen LogP contribution is 2.26. The summed E-state index contributed by atoms with van der Waals surface area (Å²) in [6, 6.07) is 7.61. The zero-order chi connectivity index (χ0) is 13.0. The summed E-state index contributed by atoms with van der Waals surface area (Å²) in [6.45, 7) is 1.58. The second-order valence-electron chi connectivity index (χ2n) is 4.96. The molecule has 4 nitrogen and oxygen atoms in total. The van der Waals surface area contributed by atoms with E-state index in [0.717, 1.165) is 30.5 Å². The first kappa shape index (κ1) is 13.1. The summed E-state index contributed by atoms with van der Waals surface area (Å²) >= 11 is 0. The second kappa shape index (κ2) is 5.98. The number of hydrogen-bond donors (Lipinski definition) is 3. The Hall–Kier alpha value is -1.39. The van der Waals surface area contributed by atoms with Crippen LogP contribution in [0.2, 0.25) is 0 Å². The van der Waals surface area contributed by atoms with Crippen molar-refractivity contribution in [1.29, 1.82) is 0 Å². The average Bonchev–Trinajstić information content (AvgIpc) is 2.28. The van der Waals surface area contributed by atoms with Crippen molar-refractivity contribution in [2.24, 2.45) is 5.92 Å². The molecular weight excluding hydrogens is 230 g/mol. The van der Waals surface area contributed by atoms with Crippen LogP contribution >= 0.6 is 0 Å². The number of nitrogens with one attached hydrogen (secondary N) is 1. The maximum absolute atomic E-state index is 10.7. The van der Waals surface area contributed by atoms with Crippen LogP contribution in [0.4, 0.5) is 0 Å². The van der Waals surface area contributed by atoms with Gasteiger partial charge in [0.05, 0.1) is 12.5 Å². The van der Waals surface area contributed by atoms with Crippen molar-refractivity contribution in [3.8, 4) is 0 Å². The molecule has 0 saturated heterocycles. The van der Waals surface area contributed by atoms with E-state index in [1.807, 2.05) is 24.3 Å². The largest absolute Gasteiger partial charge is 0.481 e. The molecule has 0 radical (unpaired) electrons. The Morgan fingerprint density at radius 2 is 1.94 bits per heavy atom. The molecule has 1 saturated carbocycles. The molecule has 0 spiro atoms. The lowest BCUT2D eigenvalue weighted by Gasteiger charge is -2.31. The van der Waals surface area contributed by atoms with Crippen molar-refractivity contribution in [1.82, 2.24) is 5.32 Å². The standard InChI is InChI=1S/C14H19NO3/c16-13-5-10(6-13)8-15-9-12-4-2-1-3-11(12)7-14(17)18/h1-4,10,13,15-16H,5-9H2,(H,17,18). The summed E-state index contributed by atoms with van der Waals surface area (Å²) in [5.41, 5.74) is 1.91. The molecule has 1 fully saturated rings. The van der Waals surface area contributed by atoms with E-state index in [1.165, 1.54) is 0 Å². The number of carboxylic acid groups (broad SMARTS) is 1. The van der Waals surface area contributed by atoms with Gasteiger partial charge in [-0.05, 0) is 36.4 Å². The molecule has 0 bridgehead atoms. The molecule has 2 rings (SSSR count). The second-order valence-corrected chi connectivity index (χ2v) is 4.96. The van der Waals surface area contributed by atoms with Gasteiger partial charge in [0.1, 0.15) is 0 Å². The molecule has 0 unspecified atom stereocenters. The minimum absolute atomic E-state index is 0.0694. The molecule has 4 heteroatoms. The zero-order valence-corrected chi connectivity index (χ0v) is 10.3. The number of carbonyl (C=O) groups is 1. The van der Waals surface area contributed by atoms with Gasteiger partial charge in [-0.25, -0.2) is 0 Å². The summed E-state index contributed by atoms with van der Waals surface area (Å²) in [5.74, 6) is -0.240. The number of rotatable bonds is 6. The van der Waals surface area contributed by atoms with Crippen molar-refractivity contribution < 1.29 is 15.0 Å². The number of benzene rings is 1. The summed E-state index contributed by atoms with van der Waals surface area (Å²) in [7, 11) is 0. The van der Waals surface area contributed by atoms with Crippen LogP contribution in [-0.2, 0) is 17.8 Å². The van der Waals surface area contributed by atoms with Crippen molar-refractivity contribution in [3.63, 3.8) is 0 Å². The van der Waals surface area contributed by atoms with Gasteiger partial charge in [0.2, 0.25) is 0 Å². The van der Waals surface area contributed by atoms with E-state index in [-0.39, 0.29) is 12.5 Å². The molecule has 1 aromatic rings. The van der Waals surface area contributed by atoms with Crippen molar-refractivity contribution in [2.75, 3.05) is 6.54 Å². The molecule has 0 heterocycles. The number of carboxylic acids is 1. The maximum Gasteiger partial charge on any atom is 0.307 e. The van der Waals surface area contributed by atoms with Crippen molar-refractivity contribution in [3.05, 3.63) is 35.4 Å². The monoisotopic (exact) mass is 249 g/mol.